The molecule has 3 atom stereocenters. The van der Waals surface area contributed by atoms with Crippen molar-refractivity contribution in [1.29, 1.82) is 5.26 Å². The summed E-state index contributed by atoms with van der Waals surface area (Å²) >= 11 is 0. The minimum atomic E-state index is -0.850. The van der Waals surface area contributed by atoms with Crippen molar-refractivity contribution in [3.8, 4) is 11.8 Å². The van der Waals surface area contributed by atoms with Crippen molar-refractivity contribution in [2.24, 2.45) is 11.3 Å². The second-order valence-corrected chi connectivity index (χ2v) is 9.95. The van der Waals surface area contributed by atoms with Crippen molar-refractivity contribution < 1.29 is 19.1 Å². The molecule has 0 radical (unpaired) electrons. The molecule has 3 unspecified atom stereocenters. The van der Waals surface area contributed by atoms with Gasteiger partial charge in [-0.3, -0.25) is 14.4 Å². The molecule has 1 aliphatic heterocycles. The van der Waals surface area contributed by atoms with Crippen molar-refractivity contribution in [2.45, 2.75) is 58.5 Å². The topological polar surface area (TPSA) is 136 Å². The third kappa shape index (κ3) is 6.28. The molecule has 9 nitrogen and oxygen atoms in total. The van der Waals surface area contributed by atoms with Gasteiger partial charge in [0.15, 0.2) is 0 Å². The predicted octanol–water partition coefficient (Wildman–Crippen LogP) is 2.64. The Kier molecular flexibility index (Phi) is 7.82. The van der Waals surface area contributed by atoms with Crippen LogP contribution in [0.4, 0.5) is 0 Å². The SMILES string of the molecule is COc1cccc2[nH]c(C(=O)NC(CC(C)(C)C)C(=O)NC(C#N)CC3CCCNC3=O)cc12. The number of benzene rings is 1. The van der Waals surface area contributed by atoms with Gasteiger partial charge in [-0.1, -0.05) is 26.8 Å². The van der Waals surface area contributed by atoms with Crippen LogP contribution < -0.4 is 20.7 Å². The fourth-order valence-corrected chi connectivity index (χ4v) is 4.25. The third-order valence-electron chi connectivity index (χ3n) is 5.92. The van der Waals surface area contributed by atoms with Gasteiger partial charge in [-0.15, -0.1) is 0 Å². The number of nitrogens with one attached hydrogen (secondary N) is 4. The van der Waals surface area contributed by atoms with E-state index in [1.54, 1.807) is 13.2 Å². The van der Waals surface area contributed by atoms with Crippen LogP contribution in [-0.4, -0.2) is 48.4 Å². The molecule has 3 rings (SSSR count). The van der Waals surface area contributed by atoms with E-state index in [1.807, 2.05) is 39.0 Å². The fourth-order valence-electron chi connectivity index (χ4n) is 4.25. The highest BCUT2D eigenvalue weighted by Crippen LogP contribution is 2.26. The van der Waals surface area contributed by atoms with E-state index in [2.05, 4.69) is 27.0 Å². The van der Waals surface area contributed by atoms with Crippen LogP contribution in [0.5, 0.6) is 5.75 Å². The number of hydrogen-bond acceptors (Lipinski definition) is 5. The van der Waals surface area contributed by atoms with Gasteiger partial charge in [-0.2, -0.15) is 5.26 Å². The molecule has 0 bridgehead atoms. The van der Waals surface area contributed by atoms with Crippen LogP contribution in [-0.2, 0) is 9.59 Å². The zero-order valence-electron chi connectivity index (χ0n) is 20.2. The summed E-state index contributed by atoms with van der Waals surface area (Å²) in [6.45, 7) is 6.56. The average molecular weight is 468 g/mol. The first kappa shape index (κ1) is 25.1. The lowest BCUT2D eigenvalue weighted by Crippen LogP contribution is -2.51. The third-order valence-corrected chi connectivity index (χ3v) is 5.92. The van der Waals surface area contributed by atoms with E-state index in [4.69, 9.17) is 4.74 Å². The van der Waals surface area contributed by atoms with Gasteiger partial charge in [-0.05, 0) is 49.3 Å². The maximum Gasteiger partial charge on any atom is 0.268 e. The summed E-state index contributed by atoms with van der Waals surface area (Å²) < 4.78 is 5.36. The molecule has 4 N–H and O–H groups in total. The lowest BCUT2D eigenvalue weighted by atomic mass is 9.87. The molecule has 1 fully saturated rings. The minimum absolute atomic E-state index is 0.0884. The number of rotatable bonds is 8. The Morgan fingerprint density at radius 2 is 2.06 bits per heavy atom. The Bertz CT molecular complexity index is 1090. The number of fused-ring (bicyclic) bond motifs is 1. The largest absolute Gasteiger partial charge is 0.496 e. The highest BCUT2D eigenvalue weighted by molar-refractivity contribution is 6.01. The molecule has 9 heteroatoms. The van der Waals surface area contributed by atoms with Gasteiger partial charge in [0.1, 0.15) is 23.5 Å². The second kappa shape index (κ2) is 10.6. The van der Waals surface area contributed by atoms with Crippen molar-refractivity contribution in [1.82, 2.24) is 20.9 Å². The van der Waals surface area contributed by atoms with Gasteiger partial charge < -0.3 is 25.7 Å². The van der Waals surface area contributed by atoms with E-state index < -0.39 is 23.9 Å². The Morgan fingerprint density at radius 3 is 2.71 bits per heavy atom. The highest BCUT2D eigenvalue weighted by atomic mass is 16.5. The number of carbonyl (C=O) groups is 3. The van der Waals surface area contributed by atoms with Crippen LogP contribution in [0.2, 0.25) is 0 Å². The summed E-state index contributed by atoms with van der Waals surface area (Å²) in [5.41, 5.74) is 0.795. The van der Waals surface area contributed by atoms with Crippen LogP contribution in [0.3, 0.4) is 0 Å². The average Bonchev–Trinajstić information content (AvgIpc) is 3.23. The summed E-state index contributed by atoms with van der Waals surface area (Å²) in [5.74, 6) is -0.631. The first-order chi connectivity index (χ1) is 16.1. The number of ether oxygens (including phenoxy) is 1. The number of hydrogen-bond donors (Lipinski definition) is 4. The number of aromatic nitrogens is 1. The van der Waals surface area contributed by atoms with Gasteiger partial charge in [0.25, 0.3) is 5.91 Å². The normalized spacial score (nSPS) is 17.9. The second-order valence-electron chi connectivity index (χ2n) is 9.95. The number of aromatic amines is 1. The van der Waals surface area contributed by atoms with E-state index in [9.17, 15) is 19.6 Å². The molecular formula is C25H33N5O4. The van der Waals surface area contributed by atoms with E-state index in [0.29, 0.717) is 30.8 Å². The molecule has 3 amide bonds. The molecule has 1 aromatic heterocycles. The Labute approximate surface area is 199 Å². The molecule has 0 spiro atoms. The molecule has 182 valence electrons. The molecule has 0 saturated carbocycles. The molecule has 1 aliphatic rings. The standard InChI is InChI=1S/C25H33N5O4/c1-25(2,3)13-20(24(33)28-16(14-26)11-15-7-6-10-27-22(15)31)30-23(32)19-12-17-18(29-19)8-5-9-21(17)34-4/h5,8-9,12,15-16,20,29H,6-7,10-11,13H2,1-4H3,(H,27,31)(H,28,33)(H,30,32). The van der Waals surface area contributed by atoms with Crippen LogP contribution in [0.1, 0.15) is 56.9 Å². The van der Waals surface area contributed by atoms with Crippen molar-refractivity contribution in [3.05, 3.63) is 30.0 Å². The highest BCUT2D eigenvalue weighted by Gasteiger charge is 2.31. The molecule has 0 aliphatic carbocycles. The first-order valence-corrected chi connectivity index (χ1v) is 11.6. The fraction of sp³-hybridized carbons (Fsp3) is 0.520. The van der Waals surface area contributed by atoms with Crippen LogP contribution in [0, 0.1) is 22.7 Å². The van der Waals surface area contributed by atoms with Crippen LogP contribution in [0.15, 0.2) is 24.3 Å². The molecule has 34 heavy (non-hydrogen) atoms. The summed E-state index contributed by atoms with van der Waals surface area (Å²) in [4.78, 5) is 41.3. The van der Waals surface area contributed by atoms with E-state index in [1.165, 1.54) is 0 Å². The summed E-state index contributed by atoms with van der Waals surface area (Å²) in [6, 6.07) is 7.58. The zero-order chi connectivity index (χ0) is 24.9. The maximum absolute atomic E-state index is 13.1. The summed E-state index contributed by atoms with van der Waals surface area (Å²) in [5, 5.41) is 18.7. The van der Waals surface area contributed by atoms with Crippen LogP contribution in [0.25, 0.3) is 10.9 Å². The smallest absolute Gasteiger partial charge is 0.268 e. The van der Waals surface area contributed by atoms with E-state index >= 15 is 0 Å². The summed E-state index contributed by atoms with van der Waals surface area (Å²) in [7, 11) is 1.56. The minimum Gasteiger partial charge on any atom is -0.496 e. The van der Waals surface area contributed by atoms with E-state index in [-0.39, 0.29) is 23.7 Å². The van der Waals surface area contributed by atoms with Crippen molar-refractivity contribution in [2.75, 3.05) is 13.7 Å². The van der Waals surface area contributed by atoms with E-state index in [0.717, 1.165) is 17.3 Å². The number of methoxy groups -OCH3 is 1. The van der Waals surface area contributed by atoms with Gasteiger partial charge in [0.05, 0.1) is 13.2 Å². The Balaban J connectivity index is 1.74. The number of nitriles is 1. The Hall–Kier alpha value is -3.54. The van der Waals surface area contributed by atoms with Gasteiger partial charge in [0, 0.05) is 23.4 Å². The van der Waals surface area contributed by atoms with Crippen molar-refractivity contribution in [3.63, 3.8) is 0 Å². The number of nitrogens with zero attached hydrogens (tertiary/aromatic N) is 1. The number of carbonyl (C=O) groups excluding carboxylic acids is 3. The quantitative estimate of drug-likeness (QED) is 0.473. The monoisotopic (exact) mass is 467 g/mol. The predicted molar refractivity (Wildman–Crippen MR) is 128 cm³/mol. The zero-order valence-corrected chi connectivity index (χ0v) is 20.2. The van der Waals surface area contributed by atoms with Gasteiger partial charge in [-0.25, -0.2) is 0 Å². The lowest BCUT2D eigenvalue weighted by Gasteiger charge is -2.28. The van der Waals surface area contributed by atoms with Gasteiger partial charge in [0.2, 0.25) is 11.8 Å². The molecular weight excluding hydrogens is 434 g/mol. The number of piperidine rings is 1. The molecule has 1 saturated heterocycles. The van der Waals surface area contributed by atoms with Crippen molar-refractivity contribution >= 4 is 28.6 Å². The maximum atomic E-state index is 13.1. The molecule has 2 aromatic rings. The first-order valence-electron chi connectivity index (χ1n) is 11.6. The number of H-pyrrole nitrogens is 1. The number of amides is 3. The summed E-state index contributed by atoms with van der Waals surface area (Å²) in [6.07, 6.45) is 2.15. The van der Waals surface area contributed by atoms with Gasteiger partial charge >= 0.3 is 0 Å². The molecule has 1 aromatic carbocycles. The lowest BCUT2D eigenvalue weighted by molar-refractivity contribution is -0.128. The van der Waals surface area contributed by atoms with Crippen LogP contribution >= 0.6 is 0 Å². The Morgan fingerprint density at radius 1 is 1.29 bits per heavy atom. The molecule has 2 heterocycles.